The van der Waals surface area contributed by atoms with E-state index in [0.29, 0.717) is 31.6 Å². The first-order valence-corrected chi connectivity index (χ1v) is 11.5. The number of allylic oxidation sites excluding steroid dienone is 1. The number of nitrogens with zero attached hydrogens (tertiary/aromatic N) is 2. The molecule has 1 saturated heterocycles. The van der Waals surface area contributed by atoms with Crippen LogP contribution in [0, 0.1) is 17.2 Å². The summed E-state index contributed by atoms with van der Waals surface area (Å²) in [5.41, 5.74) is -1.40. The molecule has 0 unspecified atom stereocenters. The van der Waals surface area contributed by atoms with Crippen molar-refractivity contribution in [3.8, 4) is 6.07 Å². The zero-order chi connectivity index (χ0) is 26.0. The van der Waals surface area contributed by atoms with Gasteiger partial charge in [0.25, 0.3) is 0 Å². The SMILES string of the molecule is C=C(CN1CCC(CNC(=C2CC2)c2cc(C(F)(F)F)cc(C(F)(F)F)c2)CC1)NC(C)(C)C#N. The van der Waals surface area contributed by atoms with E-state index in [1.54, 1.807) is 13.8 Å². The lowest BCUT2D eigenvalue weighted by molar-refractivity contribution is -0.143. The normalized spacial score (nSPS) is 17.6. The van der Waals surface area contributed by atoms with E-state index in [1.165, 1.54) is 0 Å². The second kappa shape index (κ2) is 10.1. The molecule has 1 aromatic carbocycles. The monoisotopic (exact) mass is 500 g/mol. The lowest BCUT2D eigenvalue weighted by Crippen LogP contribution is -2.43. The molecule has 1 aliphatic heterocycles. The fourth-order valence-electron chi connectivity index (χ4n) is 4.22. The molecule has 2 aliphatic rings. The molecule has 4 nitrogen and oxygen atoms in total. The van der Waals surface area contributed by atoms with E-state index >= 15 is 0 Å². The molecule has 0 atom stereocenters. The first-order valence-electron chi connectivity index (χ1n) is 11.5. The van der Waals surface area contributed by atoms with Crippen molar-refractivity contribution in [2.75, 3.05) is 26.2 Å². The van der Waals surface area contributed by atoms with Gasteiger partial charge in [-0.2, -0.15) is 31.6 Å². The number of likely N-dealkylation sites (tertiary alicyclic amines) is 1. The highest BCUT2D eigenvalue weighted by Crippen LogP contribution is 2.40. The van der Waals surface area contributed by atoms with Crippen LogP contribution in [0.25, 0.3) is 5.70 Å². The summed E-state index contributed by atoms with van der Waals surface area (Å²) in [5, 5.41) is 15.4. The zero-order valence-electron chi connectivity index (χ0n) is 19.8. The number of rotatable bonds is 8. The maximum Gasteiger partial charge on any atom is 0.416 e. The largest absolute Gasteiger partial charge is 0.416 e. The molecule has 1 aliphatic carbocycles. The zero-order valence-corrected chi connectivity index (χ0v) is 19.8. The van der Waals surface area contributed by atoms with E-state index in [2.05, 4.69) is 28.2 Å². The van der Waals surface area contributed by atoms with E-state index in [0.717, 1.165) is 49.3 Å². The van der Waals surface area contributed by atoms with Crippen molar-refractivity contribution in [3.63, 3.8) is 0 Å². The molecule has 0 spiro atoms. The number of piperidine rings is 1. The van der Waals surface area contributed by atoms with Crippen molar-refractivity contribution < 1.29 is 26.3 Å². The molecule has 192 valence electrons. The van der Waals surface area contributed by atoms with Gasteiger partial charge in [-0.25, -0.2) is 0 Å². The number of halogens is 6. The molecular formula is C25H30F6N4. The van der Waals surface area contributed by atoms with Crippen LogP contribution in [0.5, 0.6) is 0 Å². The van der Waals surface area contributed by atoms with Gasteiger partial charge in [0.05, 0.1) is 17.2 Å². The van der Waals surface area contributed by atoms with Gasteiger partial charge in [0, 0.05) is 24.5 Å². The topological polar surface area (TPSA) is 51.1 Å². The molecule has 0 amide bonds. The van der Waals surface area contributed by atoms with Gasteiger partial charge in [-0.05, 0) is 87.9 Å². The lowest BCUT2D eigenvalue weighted by atomic mass is 9.95. The standard InChI is InChI=1S/C25H30F6N4/c1-16(34-23(2,3)15-32)14-35-8-6-17(7-9-35)13-33-22(18-4-5-18)19-10-20(24(26,27)28)12-21(11-19)25(29,30)31/h10-12,17,33-34H,1,4-9,13-14H2,2-3H3. The van der Waals surface area contributed by atoms with Gasteiger partial charge in [0.1, 0.15) is 5.54 Å². The molecule has 0 radical (unpaired) electrons. The van der Waals surface area contributed by atoms with Crippen molar-refractivity contribution in [3.05, 3.63) is 52.7 Å². The summed E-state index contributed by atoms with van der Waals surface area (Å²) in [6.45, 7) is 10.2. The number of alkyl halides is 6. The Morgan fingerprint density at radius 2 is 1.57 bits per heavy atom. The van der Waals surface area contributed by atoms with Crippen LogP contribution < -0.4 is 10.6 Å². The minimum Gasteiger partial charge on any atom is -0.384 e. The summed E-state index contributed by atoms with van der Waals surface area (Å²) in [7, 11) is 0. The summed E-state index contributed by atoms with van der Waals surface area (Å²) in [4.78, 5) is 2.21. The number of hydrogen-bond donors (Lipinski definition) is 2. The van der Waals surface area contributed by atoms with Crippen LogP contribution in [-0.2, 0) is 12.4 Å². The maximum absolute atomic E-state index is 13.3. The molecule has 1 heterocycles. The van der Waals surface area contributed by atoms with Gasteiger partial charge in [0.15, 0.2) is 0 Å². The maximum atomic E-state index is 13.3. The Hall–Kier alpha value is -2.67. The van der Waals surface area contributed by atoms with Crippen molar-refractivity contribution in [1.82, 2.24) is 15.5 Å². The summed E-state index contributed by atoms with van der Waals surface area (Å²) < 4.78 is 79.8. The highest BCUT2D eigenvalue weighted by molar-refractivity contribution is 5.71. The van der Waals surface area contributed by atoms with Crippen LogP contribution in [0.2, 0.25) is 0 Å². The molecule has 2 N–H and O–H groups in total. The predicted molar refractivity (Wildman–Crippen MR) is 122 cm³/mol. The third kappa shape index (κ3) is 7.66. The average Bonchev–Trinajstić information content (AvgIpc) is 3.58. The van der Waals surface area contributed by atoms with E-state index in [1.807, 2.05) is 0 Å². The molecule has 0 aromatic heterocycles. The van der Waals surface area contributed by atoms with E-state index in [4.69, 9.17) is 5.26 Å². The minimum atomic E-state index is -4.87. The predicted octanol–water partition coefficient (Wildman–Crippen LogP) is 5.94. The quantitative estimate of drug-likeness (QED) is 0.434. The van der Waals surface area contributed by atoms with E-state index < -0.39 is 29.0 Å². The smallest absolute Gasteiger partial charge is 0.384 e. The summed E-state index contributed by atoms with van der Waals surface area (Å²) in [6, 6.07) is 3.93. The third-order valence-electron chi connectivity index (χ3n) is 6.19. The highest BCUT2D eigenvalue weighted by atomic mass is 19.4. The molecule has 1 saturated carbocycles. The van der Waals surface area contributed by atoms with Crippen molar-refractivity contribution >= 4 is 5.70 Å². The molecule has 0 bridgehead atoms. The van der Waals surface area contributed by atoms with Gasteiger partial charge in [-0.3, -0.25) is 4.90 Å². The fourth-order valence-corrected chi connectivity index (χ4v) is 4.22. The molecular weight excluding hydrogens is 470 g/mol. The fraction of sp³-hybridized carbons (Fsp3) is 0.560. The van der Waals surface area contributed by atoms with Crippen LogP contribution >= 0.6 is 0 Å². The van der Waals surface area contributed by atoms with Crippen molar-refractivity contribution in [2.24, 2.45) is 5.92 Å². The molecule has 35 heavy (non-hydrogen) atoms. The Kier molecular flexibility index (Phi) is 7.80. The van der Waals surface area contributed by atoms with Gasteiger partial charge >= 0.3 is 12.4 Å². The Labute approximate surface area is 201 Å². The second-order valence-corrected chi connectivity index (χ2v) is 9.84. The number of benzene rings is 1. The van der Waals surface area contributed by atoms with Crippen LogP contribution in [-0.4, -0.2) is 36.6 Å². The Balaban J connectivity index is 1.63. The van der Waals surface area contributed by atoms with Crippen molar-refractivity contribution in [2.45, 2.75) is 57.4 Å². The summed E-state index contributed by atoms with van der Waals surface area (Å²) >= 11 is 0. The first-order chi connectivity index (χ1) is 16.2. The number of nitriles is 1. The third-order valence-corrected chi connectivity index (χ3v) is 6.19. The molecule has 2 fully saturated rings. The average molecular weight is 501 g/mol. The van der Waals surface area contributed by atoms with Crippen LogP contribution in [0.15, 0.2) is 36.0 Å². The number of nitrogens with one attached hydrogen (secondary N) is 2. The lowest BCUT2D eigenvalue weighted by Gasteiger charge is -2.34. The summed E-state index contributed by atoms with van der Waals surface area (Å²) in [5.74, 6) is 0.241. The van der Waals surface area contributed by atoms with E-state index in [9.17, 15) is 26.3 Å². The Bertz CT molecular complexity index is 970. The summed E-state index contributed by atoms with van der Waals surface area (Å²) in [6.07, 6.45) is -6.76. The molecule has 10 heteroatoms. The van der Waals surface area contributed by atoms with Gasteiger partial charge in [-0.1, -0.05) is 6.58 Å². The molecule has 1 aromatic rings. The minimum absolute atomic E-state index is 0.0698. The second-order valence-electron chi connectivity index (χ2n) is 9.84. The Morgan fingerprint density at radius 3 is 2.03 bits per heavy atom. The van der Waals surface area contributed by atoms with E-state index in [-0.39, 0.29) is 17.5 Å². The van der Waals surface area contributed by atoms with Crippen molar-refractivity contribution in [1.29, 1.82) is 5.26 Å². The highest BCUT2D eigenvalue weighted by Gasteiger charge is 2.37. The van der Waals surface area contributed by atoms with Gasteiger partial charge in [0.2, 0.25) is 0 Å². The van der Waals surface area contributed by atoms with Crippen LogP contribution in [0.3, 0.4) is 0 Å². The molecule has 3 rings (SSSR count). The van der Waals surface area contributed by atoms with Crippen LogP contribution in [0.4, 0.5) is 26.3 Å². The van der Waals surface area contributed by atoms with Crippen LogP contribution in [0.1, 0.15) is 56.2 Å². The Morgan fingerprint density at radius 1 is 1.03 bits per heavy atom. The first kappa shape index (κ1) is 26.9. The van der Waals surface area contributed by atoms with Gasteiger partial charge < -0.3 is 10.6 Å². The number of hydrogen-bond acceptors (Lipinski definition) is 4. The van der Waals surface area contributed by atoms with Gasteiger partial charge in [-0.15, -0.1) is 0 Å².